The first-order chi connectivity index (χ1) is 17.1. The van der Waals surface area contributed by atoms with Crippen LogP contribution in [0.3, 0.4) is 0 Å². The Morgan fingerprint density at radius 3 is 2.36 bits per heavy atom. The number of ketones is 1. The molecule has 4 N–H and O–H groups in total. The normalized spacial score (nSPS) is 15.4. The second kappa shape index (κ2) is 13.8. The first-order valence-corrected chi connectivity index (χ1v) is 11.8. The number of Topliss-reactive ketones (excluding diaryl/α,β-unsaturated/α-hetero) is 1. The van der Waals surface area contributed by atoms with E-state index in [2.05, 4.69) is 21.3 Å². The smallest absolute Gasteiger partial charge is 0.321 e. The Hall–Kier alpha value is -3.96. The van der Waals surface area contributed by atoms with Crippen LogP contribution in [0.4, 0.5) is 10.5 Å². The minimum absolute atomic E-state index is 0.190. The van der Waals surface area contributed by atoms with E-state index in [0.717, 1.165) is 0 Å². The van der Waals surface area contributed by atoms with E-state index in [1.165, 1.54) is 9.80 Å². The van der Waals surface area contributed by atoms with Crippen molar-refractivity contribution in [3.05, 3.63) is 30.3 Å². The number of para-hydroxylation sites is 1. The lowest BCUT2D eigenvalue weighted by atomic mass is 10.0. The highest BCUT2D eigenvalue weighted by Crippen LogP contribution is 2.18. The van der Waals surface area contributed by atoms with Crippen LogP contribution in [0.5, 0.6) is 0 Å². The van der Waals surface area contributed by atoms with Gasteiger partial charge in [0.2, 0.25) is 23.5 Å². The van der Waals surface area contributed by atoms with Gasteiger partial charge in [0.15, 0.2) is 0 Å². The molecule has 12 nitrogen and oxygen atoms in total. The van der Waals surface area contributed by atoms with Gasteiger partial charge in [-0.3, -0.25) is 24.0 Å². The van der Waals surface area contributed by atoms with Gasteiger partial charge in [-0.15, -0.1) is 0 Å². The van der Waals surface area contributed by atoms with E-state index < -0.39 is 42.0 Å². The van der Waals surface area contributed by atoms with Gasteiger partial charge < -0.3 is 31.1 Å². The fourth-order valence-corrected chi connectivity index (χ4v) is 3.53. The number of hydrogen-bond donors (Lipinski definition) is 4. The molecule has 36 heavy (non-hydrogen) atoms. The molecule has 0 bridgehead atoms. The molecule has 6 amide bonds. The van der Waals surface area contributed by atoms with E-state index in [-0.39, 0.29) is 31.4 Å². The van der Waals surface area contributed by atoms with Crippen molar-refractivity contribution in [1.82, 2.24) is 25.8 Å². The Balaban J connectivity index is 1.83. The van der Waals surface area contributed by atoms with Crippen molar-refractivity contribution in [2.45, 2.75) is 32.2 Å². The number of rotatable bonds is 11. The maximum absolute atomic E-state index is 12.8. The fraction of sp³-hybridized carbons (Fsp3) is 0.500. The largest absolute Gasteiger partial charge is 0.347 e. The molecular weight excluding hydrogens is 468 g/mol. The number of carbonyl (C=O) groups excluding carboxylic acids is 6. The van der Waals surface area contributed by atoms with Crippen LogP contribution in [0.25, 0.3) is 0 Å². The lowest BCUT2D eigenvalue weighted by Crippen LogP contribution is -2.50. The summed E-state index contributed by atoms with van der Waals surface area (Å²) in [6.45, 7) is 1.67. The molecule has 1 heterocycles. The molecule has 12 heteroatoms. The molecule has 0 aliphatic carbocycles. The number of nitrogens with one attached hydrogen (secondary N) is 4. The zero-order valence-electron chi connectivity index (χ0n) is 20.8. The third-order valence-electron chi connectivity index (χ3n) is 5.65. The average Bonchev–Trinajstić information content (AvgIpc) is 3.36. The topological polar surface area (TPSA) is 157 Å². The van der Waals surface area contributed by atoms with Crippen molar-refractivity contribution in [1.29, 1.82) is 0 Å². The molecule has 0 saturated carbocycles. The van der Waals surface area contributed by atoms with Gasteiger partial charge in [-0.05, 0) is 25.0 Å². The molecule has 196 valence electrons. The summed E-state index contributed by atoms with van der Waals surface area (Å²) in [6.07, 6.45) is 1.21. The molecular formula is C24H34N6O6. The Morgan fingerprint density at radius 1 is 1.03 bits per heavy atom. The van der Waals surface area contributed by atoms with Crippen LogP contribution in [0.2, 0.25) is 0 Å². The molecule has 0 unspecified atom stereocenters. The van der Waals surface area contributed by atoms with Gasteiger partial charge in [-0.25, -0.2) is 4.79 Å². The number of hydrogen-bond acceptors (Lipinski definition) is 6. The van der Waals surface area contributed by atoms with Crippen molar-refractivity contribution in [3.63, 3.8) is 0 Å². The summed E-state index contributed by atoms with van der Waals surface area (Å²) in [5.74, 6) is -3.73. The van der Waals surface area contributed by atoms with Gasteiger partial charge in [0.1, 0.15) is 0 Å². The maximum atomic E-state index is 12.8. The predicted octanol–water partition coefficient (Wildman–Crippen LogP) is -0.285. The second-order valence-corrected chi connectivity index (χ2v) is 8.69. The summed E-state index contributed by atoms with van der Waals surface area (Å²) in [5, 5.41) is 9.98. The summed E-state index contributed by atoms with van der Waals surface area (Å²) in [4.78, 5) is 76.4. The molecule has 0 spiro atoms. The Morgan fingerprint density at radius 2 is 1.72 bits per heavy atom. The average molecular weight is 503 g/mol. The molecule has 2 rings (SSSR count). The van der Waals surface area contributed by atoms with E-state index in [1.54, 1.807) is 38.4 Å². The summed E-state index contributed by atoms with van der Waals surface area (Å²) in [7, 11) is 3.08. The third-order valence-corrected chi connectivity index (χ3v) is 5.65. The number of likely N-dealkylation sites (N-methyl/N-ethyl adjacent to an activating group) is 1. The van der Waals surface area contributed by atoms with E-state index >= 15 is 0 Å². The first-order valence-electron chi connectivity index (χ1n) is 11.8. The molecule has 0 radical (unpaired) electrons. The zero-order valence-corrected chi connectivity index (χ0v) is 20.8. The number of anilines is 1. The second-order valence-electron chi connectivity index (χ2n) is 8.69. The summed E-state index contributed by atoms with van der Waals surface area (Å²) in [5.41, 5.74) is 0.646. The molecule has 2 atom stereocenters. The van der Waals surface area contributed by atoms with E-state index in [4.69, 9.17) is 0 Å². The molecule has 1 aromatic carbocycles. The van der Waals surface area contributed by atoms with Crippen LogP contribution in [-0.2, 0) is 24.0 Å². The highest BCUT2D eigenvalue weighted by Gasteiger charge is 2.34. The van der Waals surface area contributed by atoms with Crippen molar-refractivity contribution in [2.75, 3.05) is 45.6 Å². The maximum Gasteiger partial charge on any atom is 0.321 e. The van der Waals surface area contributed by atoms with Gasteiger partial charge in [-0.2, -0.15) is 0 Å². The minimum atomic E-state index is -1.05. The van der Waals surface area contributed by atoms with Crippen LogP contribution < -0.4 is 21.3 Å². The quantitative estimate of drug-likeness (QED) is 0.305. The minimum Gasteiger partial charge on any atom is -0.347 e. The van der Waals surface area contributed by atoms with Crippen LogP contribution >= 0.6 is 0 Å². The number of nitrogens with zero attached hydrogens (tertiary/aromatic N) is 2. The van der Waals surface area contributed by atoms with Gasteiger partial charge in [-0.1, -0.05) is 31.5 Å². The molecule has 1 saturated heterocycles. The standard InChI is InChI=1S/C24H34N6O6/c1-4-8-18(21(33)23(35)26-13-19(31)25-14-20(32)29(2)3)28-22(34)16-11-12-30(15-16)24(36)27-17-9-6-5-7-10-17/h5-7,9-10,16,18H,4,8,11-15H2,1-3H3,(H,25,31)(H,26,35)(H,27,36)(H,28,34)/t16-,18-/m0/s1. The summed E-state index contributed by atoms with van der Waals surface area (Å²) in [6, 6.07) is 7.60. The van der Waals surface area contributed by atoms with Gasteiger partial charge in [0.05, 0.1) is 25.0 Å². The van der Waals surface area contributed by atoms with Gasteiger partial charge in [0, 0.05) is 32.9 Å². The van der Waals surface area contributed by atoms with Crippen molar-refractivity contribution >= 4 is 41.1 Å². The van der Waals surface area contributed by atoms with Crippen LogP contribution in [0.15, 0.2) is 30.3 Å². The lowest BCUT2D eigenvalue weighted by Gasteiger charge is -2.20. The predicted molar refractivity (Wildman–Crippen MR) is 132 cm³/mol. The first kappa shape index (κ1) is 28.3. The number of likely N-dealkylation sites (tertiary alicyclic amines) is 1. The summed E-state index contributed by atoms with van der Waals surface area (Å²) >= 11 is 0. The zero-order chi connectivity index (χ0) is 26.7. The SMILES string of the molecule is CCC[C@H](NC(=O)[C@H]1CCN(C(=O)Nc2ccccc2)C1)C(=O)C(=O)NCC(=O)NCC(=O)N(C)C. The van der Waals surface area contributed by atoms with Crippen molar-refractivity contribution in [3.8, 4) is 0 Å². The van der Waals surface area contributed by atoms with Gasteiger partial charge >= 0.3 is 6.03 Å². The monoisotopic (exact) mass is 502 g/mol. The Labute approximate surface area is 210 Å². The van der Waals surface area contributed by atoms with Crippen molar-refractivity contribution in [2.24, 2.45) is 5.92 Å². The third kappa shape index (κ3) is 8.67. The lowest BCUT2D eigenvalue weighted by molar-refractivity contribution is -0.141. The van der Waals surface area contributed by atoms with E-state index in [9.17, 15) is 28.8 Å². The number of benzene rings is 1. The molecule has 1 aromatic rings. The fourth-order valence-electron chi connectivity index (χ4n) is 3.53. The van der Waals surface area contributed by atoms with Crippen LogP contribution in [0, 0.1) is 5.92 Å². The van der Waals surface area contributed by atoms with Gasteiger partial charge in [0.25, 0.3) is 5.91 Å². The molecule has 1 aliphatic rings. The van der Waals surface area contributed by atoms with E-state index in [0.29, 0.717) is 25.1 Å². The summed E-state index contributed by atoms with van der Waals surface area (Å²) < 4.78 is 0. The number of amides is 6. The van der Waals surface area contributed by atoms with Crippen LogP contribution in [-0.4, -0.2) is 91.6 Å². The van der Waals surface area contributed by atoms with Crippen LogP contribution in [0.1, 0.15) is 26.2 Å². The molecule has 1 fully saturated rings. The highest BCUT2D eigenvalue weighted by molar-refractivity contribution is 6.38. The van der Waals surface area contributed by atoms with Crippen molar-refractivity contribution < 1.29 is 28.8 Å². The Kier molecular flexibility index (Phi) is 10.8. The highest BCUT2D eigenvalue weighted by atomic mass is 16.2. The number of urea groups is 1. The van der Waals surface area contributed by atoms with E-state index in [1.807, 2.05) is 13.0 Å². The molecule has 1 aliphatic heterocycles. The molecule has 0 aromatic heterocycles. The Bertz CT molecular complexity index is 967. The number of carbonyl (C=O) groups is 6.